The molecule has 33 heavy (non-hydrogen) atoms. The zero-order valence-electron chi connectivity index (χ0n) is 18.7. The van der Waals surface area contributed by atoms with Gasteiger partial charge < -0.3 is 9.47 Å². The Morgan fingerprint density at radius 3 is 2.30 bits per heavy atom. The molecular weight excluding hydrogens is 446 g/mol. The van der Waals surface area contributed by atoms with E-state index in [9.17, 15) is 22.8 Å². The van der Waals surface area contributed by atoms with Gasteiger partial charge in [-0.05, 0) is 57.4 Å². The lowest BCUT2D eigenvalue weighted by molar-refractivity contribution is -0.149. The van der Waals surface area contributed by atoms with Crippen LogP contribution in [0.15, 0.2) is 53.4 Å². The van der Waals surface area contributed by atoms with Gasteiger partial charge in [0.15, 0.2) is 11.6 Å². The second-order valence-corrected chi connectivity index (χ2v) is 9.67. The number of ketones is 2. The summed E-state index contributed by atoms with van der Waals surface area (Å²) in [5, 5.41) is 0. The lowest BCUT2D eigenvalue weighted by Crippen LogP contribution is -2.48. The van der Waals surface area contributed by atoms with Crippen LogP contribution < -0.4 is 4.74 Å². The van der Waals surface area contributed by atoms with Crippen molar-refractivity contribution in [1.82, 2.24) is 4.31 Å². The summed E-state index contributed by atoms with van der Waals surface area (Å²) in [7, 11) is -3.93. The van der Waals surface area contributed by atoms with E-state index in [-0.39, 0.29) is 36.2 Å². The van der Waals surface area contributed by atoms with E-state index in [1.54, 1.807) is 24.3 Å². The molecule has 0 aliphatic carbocycles. The zero-order valence-corrected chi connectivity index (χ0v) is 19.5. The van der Waals surface area contributed by atoms with Gasteiger partial charge in [0.1, 0.15) is 25.0 Å². The smallest absolute Gasteiger partial charge is 0.324 e. The number of nitrogens with zero attached hydrogens (tertiary/aromatic N) is 1. The number of Topliss-reactive ketones (excluding diaryl/α,β-unsaturated/α-hetero) is 2. The second kappa shape index (κ2) is 10.7. The van der Waals surface area contributed by atoms with Gasteiger partial charge in [-0.25, -0.2) is 8.42 Å². The van der Waals surface area contributed by atoms with Crippen LogP contribution in [0.4, 0.5) is 0 Å². The third kappa shape index (κ3) is 5.85. The van der Waals surface area contributed by atoms with Gasteiger partial charge in [-0.2, -0.15) is 4.31 Å². The first-order valence-corrected chi connectivity index (χ1v) is 12.2. The highest BCUT2D eigenvalue weighted by molar-refractivity contribution is 7.89. The Morgan fingerprint density at radius 1 is 0.939 bits per heavy atom. The average Bonchev–Trinajstić information content (AvgIpc) is 2.82. The lowest BCUT2D eigenvalue weighted by atomic mass is 10.1. The van der Waals surface area contributed by atoms with E-state index in [0.29, 0.717) is 36.1 Å². The molecule has 1 heterocycles. The summed E-state index contributed by atoms with van der Waals surface area (Å²) in [4.78, 5) is 35.9. The van der Waals surface area contributed by atoms with Crippen LogP contribution in [0, 0.1) is 0 Å². The molecule has 3 rings (SSSR count). The summed E-state index contributed by atoms with van der Waals surface area (Å²) in [6.45, 7) is 3.00. The quantitative estimate of drug-likeness (QED) is 0.313. The fourth-order valence-corrected chi connectivity index (χ4v) is 5.35. The zero-order chi connectivity index (χ0) is 24.0. The minimum atomic E-state index is -3.93. The van der Waals surface area contributed by atoms with Crippen molar-refractivity contribution in [3.8, 4) is 5.75 Å². The third-order valence-corrected chi connectivity index (χ3v) is 7.37. The van der Waals surface area contributed by atoms with Crippen molar-refractivity contribution >= 4 is 27.6 Å². The van der Waals surface area contributed by atoms with Gasteiger partial charge in [0.25, 0.3) is 0 Å². The molecule has 0 aromatic heterocycles. The second-order valence-electron chi connectivity index (χ2n) is 7.78. The summed E-state index contributed by atoms with van der Waals surface area (Å²) in [5.41, 5.74) is 0.846. The molecule has 176 valence electrons. The molecule has 1 fully saturated rings. The van der Waals surface area contributed by atoms with Crippen LogP contribution in [0.1, 0.15) is 53.8 Å². The Morgan fingerprint density at radius 2 is 1.64 bits per heavy atom. The van der Waals surface area contributed by atoms with Gasteiger partial charge in [0.05, 0.1) is 10.5 Å². The summed E-state index contributed by atoms with van der Waals surface area (Å²) < 4.78 is 38.4. The minimum absolute atomic E-state index is 0.0244. The van der Waals surface area contributed by atoms with Crippen LogP contribution in [0.5, 0.6) is 5.75 Å². The molecular formula is C24H27NO7S. The average molecular weight is 474 g/mol. The van der Waals surface area contributed by atoms with Gasteiger partial charge in [-0.1, -0.05) is 24.3 Å². The monoisotopic (exact) mass is 473 g/mol. The highest BCUT2D eigenvalue weighted by Crippen LogP contribution is 2.26. The topological polar surface area (TPSA) is 107 Å². The Bertz CT molecular complexity index is 1130. The SMILES string of the molecule is CC(=O)c1ccc(S(=O)(=O)N2CCCCC2C(=O)OCCOc2ccccc2C(C)=O)cc1. The number of piperidine rings is 1. The molecule has 2 aromatic carbocycles. The van der Waals surface area contributed by atoms with Gasteiger partial charge in [0.2, 0.25) is 10.0 Å². The normalized spacial score (nSPS) is 16.7. The van der Waals surface area contributed by atoms with Crippen LogP contribution >= 0.6 is 0 Å². The molecule has 0 amide bonds. The van der Waals surface area contributed by atoms with Crippen molar-refractivity contribution in [3.63, 3.8) is 0 Å². The molecule has 1 saturated heterocycles. The van der Waals surface area contributed by atoms with E-state index >= 15 is 0 Å². The number of sulfonamides is 1. The molecule has 2 aromatic rings. The van der Waals surface area contributed by atoms with Gasteiger partial charge in [0, 0.05) is 12.1 Å². The predicted octanol–water partition coefficient (Wildman–Crippen LogP) is 3.26. The molecule has 1 aliphatic heterocycles. The molecule has 0 bridgehead atoms. The minimum Gasteiger partial charge on any atom is -0.489 e. The largest absolute Gasteiger partial charge is 0.489 e. The molecule has 0 saturated carbocycles. The van der Waals surface area contributed by atoms with E-state index < -0.39 is 22.0 Å². The lowest BCUT2D eigenvalue weighted by Gasteiger charge is -2.33. The van der Waals surface area contributed by atoms with E-state index in [2.05, 4.69) is 0 Å². The van der Waals surface area contributed by atoms with Crippen molar-refractivity contribution in [3.05, 3.63) is 59.7 Å². The highest BCUT2D eigenvalue weighted by Gasteiger charge is 2.38. The number of hydrogen-bond acceptors (Lipinski definition) is 7. The number of para-hydroxylation sites is 1. The Kier molecular flexibility index (Phi) is 7.99. The van der Waals surface area contributed by atoms with Gasteiger partial charge in [-0.15, -0.1) is 0 Å². The first-order chi connectivity index (χ1) is 15.7. The summed E-state index contributed by atoms with van der Waals surface area (Å²) in [6, 6.07) is 11.5. The van der Waals surface area contributed by atoms with E-state index in [0.717, 1.165) is 0 Å². The number of hydrogen-bond donors (Lipinski definition) is 0. The molecule has 1 atom stereocenters. The summed E-state index contributed by atoms with van der Waals surface area (Å²) in [6.07, 6.45) is 1.70. The van der Waals surface area contributed by atoms with Crippen molar-refractivity contribution in [2.75, 3.05) is 19.8 Å². The van der Waals surface area contributed by atoms with Crippen molar-refractivity contribution < 1.29 is 32.3 Å². The van der Waals surface area contributed by atoms with Crippen LogP contribution in [0.25, 0.3) is 0 Å². The fourth-order valence-electron chi connectivity index (χ4n) is 3.70. The first kappa shape index (κ1) is 24.6. The fraction of sp³-hybridized carbons (Fsp3) is 0.375. The molecule has 1 unspecified atom stereocenters. The number of carbonyl (C=O) groups is 3. The van der Waals surface area contributed by atoms with Crippen LogP contribution in [-0.4, -0.2) is 56.1 Å². The van der Waals surface area contributed by atoms with Crippen LogP contribution in [-0.2, 0) is 19.6 Å². The standard InChI is InChI=1S/C24H27NO7S/c1-17(26)19-10-12-20(13-11-19)33(29,30)25-14-6-5-8-22(25)24(28)32-16-15-31-23-9-4-3-7-21(23)18(2)27/h3-4,7,9-13,22H,5-6,8,14-16H2,1-2H3. The summed E-state index contributed by atoms with van der Waals surface area (Å²) >= 11 is 0. The molecule has 9 heteroatoms. The molecule has 8 nitrogen and oxygen atoms in total. The Hall–Kier alpha value is -3.04. The summed E-state index contributed by atoms with van der Waals surface area (Å²) in [5.74, 6) is -0.535. The third-order valence-electron chi connectivity index (χ3n) is 5.44. The van der Waals surface area contributed by atoms with Crippen molar-refractivity contribution in [1.29, 1.82) is 0 Å². The number of ether oxygens (including phenoxy) is 2. The first-order valence-electron chi connectivity index (χ1n) is 10.7. The van der Waals surface area contributed by atoms with E-state index in [4.69, 9.17) is 9.47 Å². The van der Waals surface area contributed by atoms with Crippen molar-refractivity contribution in [2.45, 2.75) is 44.0 Å². The number of carbonyl (C=O) groups excluding carboxylic acids is 3. The number of rotatable bonds is 9. The maximum Gasteiger partial charge on any atom is 0.324 e. The number of benzene rings is 2. The maximum atomic E-state index is 13.2. The van der Waals surface area contributed by atoms with Crippen LogP contribution in [0.3, 0.4) is 0 Å². The van der Waals surface area contributed by atoms with Gasteiger partial charge >= 0.3 is 5.97 Å². The highest BCUT2D eigenvalue weighted by atomic mass is 32.2. The Balaban J connectivity index is 1.64. The number of esters is 1. The Labute approximate surface area is 193 Å². The van der Waals surface area contributed by atoms with Gasteiger partial charge in [-0.3, -0.25) is 14.4 Å². The van der Waals surface area contributed by atoms with Crippen LogP contribution in [0.2, 0.25) is 0 Å². The molecule has 0 radical (unpaired) electrons. The predicted molar refractivity (Wildman–Crippen MR) is 121 cm³/mol. The molecule has 0 N–H and O–H groups in total. The van der Waals surface area contributed by atoms with E-state index in [1.807, 2.05) is 0 Å². The maximum absolute atomic E-state index is 13.2. The van der Waals surface area contributed by atoms with E-state index in [1.165, 1.54) is 42.4 Å². The molecule has 1 aliphatic rings. The molecule has 0 spiro atoms. The van der Waals surface area contributed by atoms with Crippen molar-refractivity contribution in [2.24, 2.45) is 0 Å².